The van der Waals surface area contributed by atoms with Crippen molar-refractivity contribution in [2.24, 2.45) is 0 Å². The van der Waals surface area contributed by atoms with Crippen LogP contribution in [0.1, 0.15) is 30.3 Å². The maximum absolute atomic E-state index is 12.8. The Kier molecular flexibility index (Phi) is 6.84. The predicted octanol–water partition coefficient (Wildman–Crippen LogP) is 3.44. The molecule has 2 N–H and O–H groups in total. The number of hydrogen-bond donors (Lipinski definition) is 2. The van der Waals surface area contributed by atoms with Crippen LogP contribution in [0.25, 0.3) is 0 Å². The van der Waals surface area contributed by atoms with Gasteiger partial charge in [-0.15, -0.1) is 11.3 Å². The molecule has 2 heterocycles. The van der Waals surface area contributed by atoms with Gasteiger partial charge in [-0.1, -0.05) is 43.3 Å². The van der Waals surface area contributed by atoms with E-state index in [1.807, 2.05) is 35.7 Å². The molecule has 0 aliphatic carbocycles. The fourth-order valence-electron chi connectivity index (χ4n) is 3.21. The van der Waals surface area contributed by atoms with Gasteiger partial charge in [0.15, 0.2) is 0 Å². The largest absolute Gasteiger partial charge is 0.463 e. The second-order valence-electron chi connectivity index (χ2n) is 6.45. The van der Waals surface area contributed by atoms with E-state index in [1.165, 1.54) is 16.9 Å². The highest BCUT2D eigenvalue weighted by Gasteiger charge is 2.34. The zero-order valence-corrected chi connectivity index (χ0v) is 16.9. The minimum atomic E-state index is -0.502. The van der Waals surface area contributed by atoms with Gasteiger partial charge >= 0.3 is 12.0 Å². The van der Waals surface area contributed by atoms with Crippen molar-refractivity contribution < 1.29 is 14.3 Å². The Morgan fingerprint density at radius 2 is 1.93 bits per heavy atom. The lowest BCUT2D eigenvalue weighted by Gasteiger charge is -2.31. The quantitative estimate of drug-likeness (QED) is 0.667. The molecule has 1 atom stereocenters. The number of carbonyl (C=O) groups is 2. The number of rotatable bonds is 8. The molecule has 2 aromatic rings. The summed E-state index contributed by atoms with van der Waals surface area (Å²) in [7, 11) is 0. The summed E-state index contributed by atoms with van der Waals surface area (Å²) in [6.45, 7) is 6.08. The van der Waals surface area contributed by atoms with E-state index >= 15 is 0 Å². The van der Waals surface area contributed by atoms with Crippen LogP contribution in [0, 0.1) is 0 Å². The van der Waals surface area contributed by atoms with Crippen molar-refractivity contribution in [1.82, 2.24) is 15.5 Å². The predicted molar refractivity (Wildman–Crippen MR) is 110 cm³/mol. The van der Waals surface area contributed by atoms with Gasteiger partial charge in [0, 0.05) is 23.7 Å². The molecule has 0 bridgehead atoms. The number of thiophene rings is 1. The fraction of sp³-hybridized carbons (Fsp3) is 0.333. The Morgan fingerprint density at radius 3 is 2.57 bits per heavy atom. The summed E-state index contributed by atoms with van der Waals surface area (Å²) in [5.41, 5.74) is 2.24. The van der Waals surface area contributed by atoms with Crippen molar-refractivity contribution in [1.29, 1.82) is 0 Å². The Hall–Kier alpha value is -2.64. The van der Waals surface area contributed by atoms with Crippen molar-refractivity contribution in [2.75, 3.05) is 19.7 Å². The second kappa shape index (κ2) is 9.52. The lowest BCUT2D eigenvalue weighted by atomic mass is 10.0. The van der Waals surface area contributed by atoms with Gasteiger partial charge in [0.05, 0.1) is 18.2 Å². The van der Waals surface area contributed by atoms with Crippen LogP contribution in [-0.4, -0.2) is 36.6 Å². The number of hydrogen-bond acceptors (Lipinski definition) is 5. The van der Waals surface area contributed by atoms with Crippen LogP contribution in [0.4, 0.5) is 4.79 Å². The molecule has 0 radical (unpaired) electrons. The number of likely N-dealkylation sites (N-methyl/N-ethyl adjacent to an activating group) is 1. The molecule has 0 spiro atoms. The summed E-state index contributed by atoms with van der Waals surface area (Å²) >= 11 is 1.50. The van der Waals surface area contributed by atoms with Crippen LogP contribution >= 0.6 is 11.3 Å². The van der Waals surface area contributed by atoms with E-state index in [2.05, 4.69) is 34.6 Å². The zero-order chi connectivity index (χ0) is 19.9. The monoisotopic (exact) mass is 399 g/mol. The van der Waals surface area contributed by atoms with E-state index in [0.717, 1.165) is 18.0 Å². The third kappa shape index (κ3) is 4.79. The smallest absolute Gasteiger partial charge is 0.338 e. The Bertz CT molecular complexity index is 834. The van der Waals surface area contributed by atoms with E-state index in [4.69, 9.17) is 4.74 Å². The second-order valence-corrected chi connectivity index (χ2v) is 7.43. The maximum Gasteiger partial charge on any atom is 0.338 e. The van der Waals surface area contributed by atoms with Crippen molar-refractivity contribution >= 4 is 23.3 Å². The molecule has 0 saturated heterocycles. The fourth-order valence-corrected chi connectivity index (χ4v) is 3.99. The first-order valence-corrected chi connectivity index (χ1v) is 10.3. The van der Waals surface area contributed by atoms with Gasteiger partial charge in [0.25, 0.3) is 0 Å². The summed E-state index contributed by atoms with van der Waals surface area (Å²) in [6.07, 6.45) is 0. The number of ether oxygens (including phenoxy) is 1. The first kappa shape index (κ1) is 20.1. The summed E-state index contributed by atoms with van der Waals surface area (Å²) in [4.78, 5) is 28.2. The molecular formula is C21H25N3O3S. The standard InChI is InChI=1S/C21H25N3O3S/c1-3-24(13-15-9-6-5-7-10-15)14-16-18(20(25)27-4-2)19(23-21(26)22-16)17-11-8-12-28-17/h5-12,19H,3-4,13-14H2,1-2H3,(H2,22,23,26). The molecule has 7 heteroatoms. The van der Waals surface area contributed by atoms with Crippen LogP contribution < -0.4 is 10.6 Å². The summed E-state index contributed by atoms with van der Waals surface area (Å²) in [5.74, 6) is -0.404. The SMILES string of the molecule is CCOC(=O)C1=C(CN(CC)Cc2ccccc2)NC(=O)NC1c1cccs1. The van der Waals surface area contributed by atoms with Crippen LogP contribution in [0.3, 0.4) is 0 Å². The highest BCUT2D eigenvalue weighted by Crippen LogP contribution is 2.31. The number of carbonyl (C=O) groups excluding carboxylic acids is 2. The van der Waals surface area contributed by atoms with Crippen molar-refractivity contribution in [3.05, 3.63) is 69.6 Å². The van der Waals surface area contributed by atoms with Crippen LogP contribution in [0.15, 0.2) is 59.1 Å². The molecule has 28 heavy (non-hydrogen) atoms. The number of esters is 1. The molecule has 6 nitrogen and oxygen atoms in total. The number of nitrogens with zero attached hydrogens (tertiary/aromatic N) is 1. The van der Waals surface area contributed by atoms with E-state index in [1.54, 1.807) is 6.92 Å². The molecule has 0 fully saturated rings. The highest BCUT2D eigenvalue weighted by atomic mass is 32.1. The van der Waals surface area contributed by atoms with Gasteiger partial charge in [-0.25, -0.2) is 9.59 Å². The molecule has 1 aliphatic rings. The molecule has 2 amide bonds. The molecule has 1 aromatic carbocycles. The van der Waals surface area contributed by atoms with E-state index in [0.29, 0.717) is 17.8 Å². The molecule has 1 unspecified atom stereocenters. The lowest BCUT2D eigenvalue weighted by molar-refractivity contribution is -0.139. The molecule has 1 aliphatic heterocycles. The highest BCUT2D eigenvalue weighted by molar-refractivity contribution is 7.10. The molecular weight excluding hydrogens is 374 g/mol. The molecule has 1 aromatic heterocycles. The van der Waals surface area contributed by atoms with Gasteiger partial charge in [0.2, 0.25) is 0 Å². The van der Waals surface area contributed by atoms with E-state index in [9.17, 15) is 9.59 Å². The number of urea groups is 1. The average molecular weight is 400 g/mol. The van der Waals surface area contributed by atoms with Crippen molar-refractivity contribution in [2.45, 2.75) is 26.4 Å². The van der Waals surface area contributed by atoms with E-state index in [-0.39, 0.29) is 12.6 Å². The van der Waals surface area contributed by atoms with Gasteiger partial charge in [-0.05, 0) is 30.5 Å². The van der Waals surface area contributed by atoms with Gasteiger partial charge < -0.3 is 15.4 Å². The minimum Gasteiger partial charge on any atom is -0.463 e. The Labute approximate surface area is 169 Å². The summed E-state index contributed by atoms with van der Waals surface area (Å²) in [5, 5.41) is 7.63. The van der Waals surface area contributed by atoms with Crippen LogP contribution in [0.2, 0.25) is 0 Å². The zero-order valence-electron chi connectivity index (χ0n) is 16.1. The first-order valence-electron chi connectivity index (χ1n) is 9.39. The summed E-state index contributed by atoms with van der Waals surface area (Å²) in [6, 6.07) is 13.1. The van der Waals surface area contributed by atoms with Crippen molar-refractivity contribution in [3.8, 4) is 0 Å². The van der Waals surface area contributed by atoms with Crippen LogP contribution in [0.5, 0.6) is 0 Å². The number of benzene rings is 1. The normalized spacial score (nSPS) is 16.7. The first-order chi connectivity index (χ1) is 13.6. The molecule has 148 valence electrons. The Morgan fingerprint density at radius 1 is 1.14 bits per heavy atom. The number of amides is 2. The lowest BCUT2D eigenvalue weighted by Crippen LogP contribution is -2.48. The van der Waals surface area contributed by atoms with Crippen LogP contribution in [-0.2, 0) is 16.1 Å². The molecule has 0 saturated carbocycles. The average Bonchev–Trinajstić information content (AvgIpc) is 3.22. The topological polar surface area (TPSA) is 70.7 Å². The molecule has 3 rings (SSSR count). The summed E-state index contributed by atoms with van der Waals surface area (Å²) < 4.78 is 5.31. The maximum atomic E-state index is 12.8. The minimum absolute atomic E-state index is 0.280. The third-order valence-corrected chi connectivity index (χ3v) is 5.49. The Balaban J connectivity index is 1.92. The van der Waals surface area contributed by atoms with Gasteiger partial charge in [-0.2, -0.15) is 0 Å². The van der Waals surface area contributed by atoms with Gasteiger partial charge in [-0.3, -0.25) is 4.90 Å². The van der Waals surface area contributed by atoms with Crippen molar-refractivity contribution in [3.63, 3.8) is 0 Å². The van der Waals surface area contributed by atoms with Gasteiger partial charge in [0.1, 0.15) is 0 Å². The third-order valence-electron chi connectivity index (χ3n) is 4.55. The number of nitrogens with one attached hydrogen (secondary N) is 2. The van der Waals surface area contributed by atoms with E-state index < -0.39 is 12.0 Å².